The molecule has 16 rings (SSSR count). The highest BCUT2D eigenvalue weighted by atomic mass is 32.1. The van der Waals surface area contributed by atoms with Crippen LogP contribution >= 0.6 is 11.3 Å². The van der Waals surface area contributed by atoms with Crippen molar-refractivity contribution in [1.29, 1.82) is 0 Å². The van der Waals surface area contributed by atoms with Crippen LogP contribution in [0, 0.1) is 0 Å². The van der Waals surface area contributed by atoms with Gasteiger partial charge in [0.2, 0.25) is 0 Å². The maximum Gasteiger partial charge on any atom is 0.0641 e. The van der Waals surface area contributed by atoms with E-state index < -0.39 is 0 Å². The number of hydrogen-bond donors (Lipinski definition) is 0. The van der Waals surface area contributed by atoms with Crippen LogP contribution < -0.4 is 9.80 Å². The van der Waals surface area contributed by atoms with Crippen LogP contribution in [0.15, 0.2) is 303 Å². The van der Waals surface area contributed by atoms with E-state index >= 15 is 0 Å². The van der Waals surface area contributed by atoms with Crippen LogP contribution in [0.2, 0.25) is 0 Å². The molecule has 16 aromatic rings. The molecule has 0 unspecified atom stereocenters. The van der Waals surface area contributed by atoms with Gasteiger partial charge in [-0.05, 0) is 142 Å². The number of anilines is 6. The predicted molar refractivity (Wildman–Crippen MR) is 346 cm³/mol. The molecule has 0 aliphatic heterocycles. The fourth-order valence-electron chi connectivity index (χ4n) is 12.8. The van der Waals surface area contributed by atoms with Gasteiger partial charge in [0.05, 0.1) is 49.5 Å². The number of thiophene rings is 1. The van der Waals surface area contributed by atoms with Crippen molar-refractivity contribution < 1.29 is 0 Å². The number of aromatic nitrogens is 2. The minimum absolute atomic E-state index is 1.08. The standard InChI is InChI=1S/C76H50N4S/c1-5-21-51(22-6-1)57-39-43-70(61-31-15-13-29-59(57)61)79(55-37-41-73-66(49-55)63-33-17-19-35-68(63)77(73)53-25-9-3-10-26-53)72-45-46-75(76-65(72)47-48-81-76)80(71-44-40-58(52-23-7-2-8-24-52)60-30-14-16-32-62(60)71)56-38-42-74-67(50-56)64-34-18-20-36-69(64)78(74)54-27-11-4-12-28-54/h1-50H. The zero-order valence-electron chi connectivity index (χ0n) is 44.1. The van der Waals surface area contributed by atoms with Crippen LogP contribution in [0.4, 0.5) is 34.1 Å². The van der Waals surface area contributed by atoms with Gasteiger partial charge in [-0.2, -0.15) is 0 Å². The van der Waals surface area contributed by atoms with Gasteiger partial charge in [0.1, 0.15) is 0 Å². The van der Waals surface area contributed by atoms with Crippen molar-refractivity contribution in [2.75, 3.05) is 9.80 Å². The van der Waals surface area contributed by atoms with Crippen LogP contribution in [-0.4, -0.2) is 9.13 Å². The molecule has 13 aromatic carbocycles. The number of fused-ring (bicyclic) bond motifs is 9. The van der Waals surface area contributed by atoms with Crippen LogP contribution in [0.3, 0.4) is 0 Å². The van der Waals surface area contributed by atoms with E-state index in [2.05, 4.69) is 322 Å². The molecule has 0 aliphatic rings. The first-order chi connectivity index (χ1) is 40.2. The molecule has 0 amide bonds. The number of rotatable bonds is 10. The Morgan fingerprint density at radius 2 is 0.605 bits per heavy atom. The molecular formula is C76H50N4S. The van der Waals surface area contributed by atoms with Crippen molar-refractivity contribution >= 4 is 121 Å². The number of para-hydroxylation sites is 4. The molecule has 3 aromatic heterocycles. The lowest BCUT2D eigenvalue weighted by molar-refractivity contribution is 1.18. The third-order valence-electron chi connectivity index (χ3n) is 16.4. The highest BCUT2D eigenvalue weighted by Gasteiger charge is 2.27. The Hall–Kier alpha value is -10.5. The topological polar surface area (TPSA) is 16.3 Å². The summed E-state index contributed by atoms with van der Waals surface area (Å²) in [6.45, 7) is 0. The van der Waals surface area contributed by atoms with Crippen LogP contribution in [0.5, 0.6) is 0 Å². The highest BCUT2D eigenvalue weighted by Crippen LogP contribution is 2.52. The summed E-state index contributed by atoms with van der Waals surface area (Å²) in [6, 6.07) is 109. The summed E-state index contributed by atoms with van der Waals surface area (Å²) in [6.07, 6.45) is 0. The predicted octanol–water partition coefficient (Wildman–Crippen LogP) is 21.7. The van der Waals surface area contributed by atoms with Gasteiger partial charge in [0.15, 0.2) is 0 Å². The molecule has 0 spiro atoms. The maximum absolute atomic E-state index is 2.52. The maximum atomic E-state index is 2.52. The number of nitrogens with zero attached hydrogens (tertiary/aromatic N) is 4. The van der Waals surface area contributed by atoms with Gasteiger partial charge in [-0.25, -0.2) is 0 Å². The summed E-state index contributed by atoms with van der Waals surface area (Å²) in [5, 5.41) is 13.0. The second kappa shape index (κ2) is 19.2. The Balaban J connectivity index is 0.954. The molecular weight excluding hydrogens is 1000 g/mol. The number of hydrogen-bond acceptors (Lipinski definition) is 3. The van der Waals surface area contributed by atoms with Gasteiger partial charge in [-0.15, -0.1) is 11.3 Å². The van der Waals surface area contributed by atoms with E-state index in [1.54, 1.807) is 11.3 Å². The first kappa shape index (κ1) is 46.6. The minimum atomic E-state index is 1.08. The molecule has 0 bridgehead atoms. The van der Waals surface area contributed by atoms with Crippen molar-refractivity contribution in [3.63, 3.8) is 0 Å². The van der Waals surface area contributed by atoms with Gasteiger partial charge >= 0.3 is 0 Å². The quantitative estimate of drug-likeness (QED) is 0.136. The molecule has 0 N–H and O–H groups in total. The van der Waals surface area contributed by atoms with Gasteiger partial charge in [0, 0.05) is 60.5 Å². The molecule has 81 heavy (non-hydrogen) atoms. The van der Waals surface area contributed by atoms with Gasteiger partial charge < -0.3 is 18.9 Å². The molecule has 0 radical (unpaired) electrons. The molecule has 3 heterocycles. The van der Waals surface area contributed by atoms with E-state index in [0.717, 1.165) is 61.9 Å². The Morgan fingerprint density at radius 3 is 1.09 bits per heavy atom. The molecule has 0 saturated heterocycles. The molecule has 0 atom stereocenters. The third-order valence-corrected chi connectivity index (χ3v) is 17.3. The lowest BCUT2D eigenvalue weighted by Gasteiger charge is -2.31. The van der Waals surface area contributed by atoms with Gasteiger partial charge in [-0.3, -0.25) is 0 Å². The Bertz CT molecular complexity index is 4740. The first-order valence-electron chi connectivity index (χ1n) is 27.7. The fourth-order valence-corrected chi connectivity index (χ4v) is 13.7. The number of benzene rings is 13. The minimum Gasteiger partial charge on any atom is -0.309 e. The second-order valence-corrected chi connectivity index (χ2v) is 21.7. The van der Waals surface area contributed by atoms with E-state index in [9.17, 15) is 0 Å². The second-order valence-electron chi connectivity index (χ2n) is 20.8. The largest absolute Gasteiger partial charge is 0.309 e. The summed E-state index contributed by atoms with van der Waals surface area (Å²) in [4.78, 5) is 5.04. The summed E-state index contributed by atoms with van der Waals surface area (Å²) in [5.74, 6) is 0. The van der Waals surface area contributed by atoms with E-state index in [4.69, 9.17) is 0 Å². The molecule has 4 nitrogen and oxygen atoms in total. The monoisotopic (exact) mass is 1050 g/mol. The van der Waals surface area contributed by atoms with E-state index in [1.165, 1.54) is 81.1 Å². The Kier molecular flexibility index (Phi) is 11.0. The zero-order chi connectivity index (χ0) is 53.4. The highest BCUT2D eigenvalue weighted by molar-refractivity contribution is 7.18. The summed E-state index contributed by atoms with van der Waals surface area (Å²) in [5.41, 5.74) is 18.3. The van der Waals surface area contributed by atoms with E-state index in [1.807, 2.05) is 0 Å². The molecule has 0 aliphatic carbocycles. The van der Waals surface area contributed by atoms with E-state index in [-0.39, 0.29) is 0 Å². The summed E-state index contributed by atoms with van der Waals surface area (Å²) in [7, 11) is 0. The van der Waals surface area contributed by atoms with Crippen LogP contribution in [0.1, 0.15) is 0 Å². The van der Waals surface area contributed by atoms with Crippen molar-refractivity contribution in [3.05, 3.63) is 303 Å². The third kappa shape index (κ3) is 7.58. The molecule has 380 valence electrons. The van der Waals surface area contributed by atoms with Crippen molar-refractivity contribution in [3.8, 4) is 33.6 Å². The first-order valence-corrected chi connectivity index (χ1v) is 28.5. The summed E-state index contributed by atoms with van der Waals surface area (Å²) < 4.78 is 5.99. The fraction of sp³-hybridized carbons (Fsp3) is 0. The van der Waals surface area contributed by atoms with Crippen molar-refractivity contribution in [2.24, 2.45) is 0 Å². The summed E-state index contributed by atoms with van der Waals surface area (Å²) >= 11 is 1.80. The normalized spacial score (nSPS) is 11.7. The zero-order valence-corrected chi connectivity index (χ0v) is 44.9. The van der Waals surface area contributed by atoms with Gasteiger partial charge in [-0.1, -0.05) is 194 Å². The lowest BCUT2D eigenvalue weighted by atomic mass is 9.96. The Labute approximate surface area is 473 Å². The van der Waals surface area contributed by atoms with E-state index in [0.29, 0.717) is 0 Å². The van der Waals surface area contributed by atoms with Crippen molar-refractivity contribution in [2.45, 2.75) is 0 Å². The Morgan fingerprint density at radius 1 is 0.247 bits per heavy atom. The van der Waals surface area contributed by atoms with Gasteiger partial charge in [0.25, 0.3) is 0 Å². The molecule has 0 fully saturated rings. The SMILES string of the molecule is c1ccc(-c2ccc(N(c3ccc4c(c3)c3ccccc3n4-c3ccccc3)c3ccc(N(c4ccc5c(c4)c4ccccc4n5-c4ccccc4)c4ccc(-c5ccccc5)c5ccccc45)c4sccc34)c3ccccc23)cc1. The average molecular weight is 1050 g/mol. The lowest BCUT2D eigenvalue weighted by Crippen LogP contribution is -2.13. The molecule has 5 heteroatoms. The van der Waals surface area contributed by atoms with Crippen LogP contribution in [0.25, 0.3) is 109 Å². The molecule has 0 saturated carbocycles. The smallest absolute Gasteiger partial charge is 0.0641 e. The van der Waals surface area contributed by atoms with Crippen LogP contribution in [-0.2, 0) is 0 Å². The van der Waals surface area contributed by atoms with Crippen molar-refractivity contribution in [1.82, 2.24) is 9.13 Å². The average Bonchev–Trinajstić information content (AvgIpc) is 4.49.